The number of fused-ring (bicyclic) bond motifs is 3. The normalized spacial score (nSPS) is 11.0. The highest BCUT2D eigenvalue weighted by Crippen LogP contribution is 2.36. The highest BCUT2D eigenvalue weighted by atomic mass is 32.1. The maximum absolute atomic E-state index is 10.7. The molecule has 3 nitrogen and oxygen atoms in total. The lowest BCUT2D eigenvalue weighted by molar-refractivity contribution is -0.136. The molecule has 3 rings (SSSR count). The summed E-state index contributed by atoms with van der Waals surface area (Å²) in [6.07, 6.45) is 0.0630. The second-order valence-electron chi connectivity index (χ2n) is 4.37. The number of carboxylic acids is 1. The summed E-state index contributed by atoms with van der Waals surface area (Å²) in [5.41, 5.74) is 0.832. The van der Waals surface area contributed by atoms with Crippen molar-refractivity contribution in [1.82, 2.24) is 0 Å². The zero-order valence-electron chi connectivity index (χ0n) is 10.3. The number of carbonyl (C=O) groups is 1. The van der Waals surface area contributed by atoms with E-state index in [2.05, 4.69) is 0 Å². The topological polar surface area (TPSA) is 46.5 Å². The van der Waals surface area contributed by atoms with Crippen LogP contribution in [-0.2, 0) is 11.2 Å². The summed E-state index contributed by atoms with van der Waals surface area (Å²) < 4.78 is 7.49. The van der Waals surface area contributed by atoms with E-state index in [1.54, 1.807) is 18.4 Å². The molecule has 0 radical (unpaired) electrons. The van der Waals surface area contributed by atoms with Gasteiger partial charge < -0.3 is 9.84 Å². The number of ether oxygens (including phenoxy) is 1. The first kappa shape index (κ1) is 12.0. The molecule has 2 aromatic carbocycles. The Morgan fingerprint density at radius 1 is 1.16 bits per heavy atom. The van der Waals surface area contributed by atoms with Crippen LogP contribution in [0.4, 0.5) is 0 Å². The van der Waals surface area contributed by atoms with Gasteiger partial charge in [-0.2, -0.15) is 0 Å². The zero-order valence-corrected chi connectivity index (χ0v) is 11.2. The van der Waals surface area contributed by atoms with E-state index < -0.39 is 5.97 Å². The molecule has 0 aliphatic heterocycles. The molecule has 1 aromatic heterocycles. The van der Waals surface area contributed by atoms with E-state index in [1.165, 1.54) is 5.39 Å². The van der Waals surface area contributed by atoms with Gasteiger partial charge in [-0.3, -0.25) is 4.79 Å². The van der Waals surface area contributed by atoms with Crippen LogP contribution in [0, 0.1) is 0 Å². The molecule has 4 heteroatoms. The molecule has 0 aliphatic carbocycles. The van der Waals surface area contributed by atoms with Gasteiger partial charge in [-0.15, -0.1) is 11.3 Å². The first-order valence-electron chi connectivity index (χ1n) is 5.88. The first-order chi connectivity index (χ1) is 9.17. The van der Waals surface area contributed by atoms with E-state index >= 15 is 0 Å². The molecular weight excluding hydrogens is 260 g/mol. The van der Waals surface area contributed by atoms with Crippen LogP contribution in [0.15, 0.2) is 36.4 Å². The molecule has 0 aliphatic rings. The molecular formula is C15H12O3S. The smallest absolute Gasteiger partial charge is 0.307 e. The molecule has 1 heterocycles. The van der Waals surface area contributed by atoms with E-state index in [-0.39, 0.29) is 6.42 Å². The lowest BCUT2D eigenvalue weighted by Gasteiger charge is -1.99. The fourth-order valence-corrected chi connectivity index (χ4v) is 3.41. The summed E-state index contributed by atoms with van der Waals surface area (Å²) in [7, 11) is 1.65. The van der Waals surface area contributed by atoms with Crippen molar-refractivity contribution >= 4 is 37.5 Å². The number of methoxy groups -OCH3 is 1. The van der Waals surface area contributed by atoms with Crippen LogP contribution >= 0.6 is 11.3 Å². The lowest BCUT2D eigenvalue weighted by atomic mass is 10.1. The molecule has 1 N–H and O–H groups in total. The van der Waals surface area contributed by atoms with Crippen LogP contribution in [0.1, 0.15) is 5.56 Å². The molecule has 0 unspecified atom stereocenters. The van der Waals surface area contributed by atoms with Gasteiger partial charge in [0.2, 0.25) is 0 Å². The third kappa shape index (κ3) is 2.15. The summed E-state index contributed by atoms with van der Waals surface area (Å²) in [4.78, 5) is 10.7. The molecule has 0 atom stereocenters. The predicted octanol–water partition coefficient (Wildman–Crippen LogP) is 3.69. The fourth-order valence-electron chi connectivity index (χ4n) is 2.21. The first-order valence-corrected chi connectivity index (χ1v) is 6.70. The van der Waals surface area contributed by atoms with Crippen molar-refractivity contribution in [3.63, 3.8) is 0 Å². The minimum absolute atomic E-state index is 0.0630. The van der Waals surface area contributed by atoms with E-state index in [4.69, 9.17) is 9.84 Å². The van der Waals surface area contributed by atoms with E-state index in [1.807, 2.05) is 36.4 Å². The van der Waals surface area contributed by atoms with Crippen molar-refractivity contribution in [3.8, 4) is 5.75 Å². The van der Waals surface area contributed by atoms with Crippen molar-refractivity contribution in [3.05, 3.63) is 42.0 Å². The van der Waals surface area contributed by atoms with Gasteiger partial charge in [-0.25, -0.2) is 0 Å². The van der Waals surface area contributed by atoms with Crippen LogP contribution < -0.4 is 4.74 Å². The molecule has 96 valence electrons. The van der Waals surface area contributed by atoms with E-state index in [0.717, 1.165) is 26.1 Å². The number of aliphatic carboxylic acids is 1. The Kier molecular flexibility index (Phi) is 2.87. The van der Waals surface area contributed by atoms with Gasteiger partial charge in [0.25, 0.3) is 0 Å². The third-order valence-corrected chi connectivity index (χ3v) is 4.22. The quantitative estimate of drug-likeness (QED) is 0.791. The fraction of sp³-hybridized carbons (Fsp3) is 0.133. The minimum atomic E-state index is -0.804. The monoisotopic (exact) mass is 272 g/mol. The van der Waals surface area contributed by atoms with Crippen molar-refractivity contribution in [2.24, 2.45) is 0 Å². The van der Waals surface area contributed by atoms with E-state index in [0.29, 0.717) is 0 Å². The second kappa shape index (κ2) is 4.55. The molecule has 0 saturated heterocycles. The summed E-state index contributed by atoms with van der Waals surface area (Å²) in [5.74, 6) is 0.0342. The van der Waals surface area contributed by atoms with Gasteiger partial charge in [-0.05, 0) is 29.8 Å². The summed E-state index contributed by atoms with van der Waals surface area (Å²) in [6, 6.07) is 11.8. The average Bonchev–Trinajstić information content (AvgIpc) is 2.74. The zero-order chi connectivity index (χ0) is 13.4. The number of carboxylic acid groups (broad SMARTS) is 1. The van der Waals surface area contributed by atoms with Gasteiger partial charge in [0.15, 0.2) is 0 Å². The van der Waals surface area contributed by atoms with Crippen LogP contribution in [0.3, 0.4) is 0 Å². The van der Waals surface area contributed by atoms with Gasteiger partial charge in [0, 0.05) is 20.2 Å². The number of benzene rings is 2. The Labute approximate surface area is 114 Å². The molecule has 19 heavy (non-hydrogen) atoms. The Morgan fingerprint density at radius 2 is 1.84 bits per heavy atom. The Morgan fingerprint density at radius 3 is 2.53 bits per heavy atom. The van der Waals surface area contributed by atoms with Crippen molar-refractivity contribution in [1.29, 1.82) is 0 Å². The van der Waals surface area contributed by atoms with E-state index in [9.17, 15) is 4.79 Å². The maximum Gasteiger partial charge on any atom is 0.307 e. The standard InChI is InChI=1S/C15H12O3S/c1-18-10-3-5-12-11-4-2-9(7-15(16)17)6-13(11)19-14(12)8-10/h2-6,8H,7H2,1H3,(H,16,17). The number of hydrogen-bond donors (Lipinski definition) is 1. The van der Waals surface area contributed by atoms with Crippen molar-refractivity contribution in [2.75, 3.05) is 7.11 Å². The van der Waals surface area contributed by atoms with Crippen LogP contribution in [0.5, 0.6) is 5.75 Å². The maximum atomic E-state index is 10.7. The number of thiophene rings is 1. The highest BCUT2D eigenvalue weighted by Gasteiger charge is 2.08. The predicted molar refractivity (Wildman–Crippen MR) is 77.2 cm³/mol. The van der Waals surface area contributed by atoms with Crippen molar-refractivity contribution < 1.29 is 14.6 Å². The lowest BCUT2D eigenvalue weighted by Crippen LogP contribution is -1.99. The van der Waals surface area contributed by atoms with Gasteiger partial charge in [-0.1, -0.05) is 12.1 Å². The van der Waals surface area contributed by atoms with Crippen LogP contribution in [0.2, 0.25) is 0 Å². The van der Waals surface area contributed by atoms with Crippen molar-refractivity contribution in [2.45, 2.75) is 6.42 Å². The third-order valence-electron chi connectivity index (χ3n) is 3.10. The SMILES string of the molecule is COc1ccc2c(c1)sc1cc(CC(=O)O)ccc12. The second-order valence-corrected chi connectivity index (χ2v) is 5.45. The minimum Gasteiger partial charge on any atom is -0.497 e. The Hall–Kier alpha value is -2.07. The molecule has 0 amide bonds. The summed E-state index contributed by atoms with van der Waals surface area (Å²) in [6.45, 7) is 0. The Balaban J connectivity index is 2.18. The molecule has 0 saturated carbocycles. The molecule has 3 aromatic rings. The average molecular weight is 272 g/mol. The Bertz CT molecular complexity index is 774. The largest absolute Gasteiger partial charge is 0.497 e. The molecule has 0 bridgehead atoms. The van der Waals surface area contributed by atoms with Gasteiger partial charge in [0.1, 0.15) is 5.75 Å². The van der Waals surface area contributed by atoms with Gasteiger partial charge >= 0.3 is 5.97 Å². The number of hydrogen-bond acceptors (Lipinski definition) is 3. The highest BCUT2D eigenvalue weighted by molar-refractivity contribution is 7.25. The number of rotatable bonds is 3. The van der Waals surface area contributed by atoms with Crippen LogP contribution in [-0.4, -0.2) is 18.2 Å². The van der Waals surface area contributed by atoms with Gasteiger partial charge in [0.05, 0.1) is 13.5 Å². The molecule has 0 spiro atoms. The molecule has 0 fully saturated rings. The summed E-state index contributed by atoms with van der Waals surface area (Å²) >= 11 is 1.66. The summed E-state index contributed by atoms with van der Waals surface area (Å²) in [5, 5.41) is 11.2. The van der Waals surface area contributed by atoms with Crippen LogP contribution in [0.25, 0.3) is 20.2 Å².